The molecule has 0 aliphatic heterocycles. The van der Waals surface area contributed by atoms with Crippen LogP contribution in [0.3, 0.4) is 0 Å². The first-order chi connectivity index (χ1) is 9.58. The summed E-state index contributed by atoms with van der Waals surface area (Å²) in [5.41, 5.74) is 0.770. The second kappa shape index (κ2) is 8.52. The number of hydrogen-bond acceptors (Lipinski definition) is 5. The molecule has 20 heavy (non-hydrogen) atoms. The average molecular weight is 301 g/mol. The minimum Gasteiger partial charge on any atom is -0.465 e. The molecule has 0 bridgehead atoms. The van der Waals surface area contributed by atoms with Crippen molar-refractivity contribution in [3.8, 4) is 0 Å². The number of amides is 1. The molecule has 0 unspecified atom stereocenters. The average Bonchev–Trinajstić information content (AvgIpc) is 2.43. The summed E-state index contributed by atoms with van der Waals surface area (Å²) in [6.07, 6.45) is 0. The molecular formula is C13H17ClN2O4. The maximum absolute atomic E-state index is 11.6. The third-order valence-electron chi connectivity index (χ3n) is 2.43. The maximum atomic E-state index is 11.6. The topological polar surface area (TPSA) is 76.7 Å². The molecule has 0 heterocycles. The van der Waals surface area contributed by atoms with Crippen LogP contribution in [0.5, 0.6) is 0 Å². The number of methoxy groups -OCH3 is 2. The highest BCUT2D eigenvalue weighted by Gasteiger charge is 2.11. The van der Waals surface area contributed by atoms with Crippen LogP contribution in [0.4, 0.5) is 5.69 Å². The van der Waals surface area contributed by atoms with E-state index in [4.69, 9.17) is 16.3 Å². The fraction of sp³-hybridized carbons (Fsp3) is 0.385. The Balaban J connectivity index is 2.54. The summed E-state index contributed by atoms with van der Waals surface area (Å²) in [6, 6.07) is 4.59. The van der Waals surface area contributed by atoms with Gasteiger partial charge in [-0.15, -0.1) is 0 Å². The predicted octanol–water partition coefficient (Wildman–Crippen LogP) is 1.30. The zero-order chi connectivity index (χ0) is 15.0. The zero-order valence-corrected chi connectivity index (χ0v) is 12.1. The largest absolute Gasteiger partial charge is 0.465 e. The van der Waals surface area contributed by atoms with Crippen LogP contribution in [0.15, 0.2) is 18.2 Å². The van der Waals surface area contributed by atoms with Crippen LogP contribution in [-0.4, -0.2) is 45.8 Å². The molecule has 1 aromatic rings. The first kappa shape index (κ1) is 16.4. The number of nitrogens with one attached hydrogen (secondary N) is 2. The lowest BCUT2D eigenvalue weighted by Gasteiger charge is -2.08. The summed E-state index contributed by atoms with van der Waals surface area (Å²) in [6.45, 7) is 1.29. The Morgan fingerprint density at radius 2 is 2.05 bits per heavy atom. The number of ether oxygens (including phenoxy) is 2. The summed E-state index contributed by atoms with van der Waals surface area (Å²) in [5.74, 6) is -0.725. The van der Waals surface area contributed by atoms with Crippen LogP contribution in [0, 0.1) is 0 Å². The minimum absolute atomic E-state index is 0.166. The quantitative estimate of drug-likeness (QED) is 0.586. The number of esters is 1. The fourth-order valence-electron chi connectivity index (χ4n) is 1.45. The molecular weight excluding hydrogens is 284 g/mol. The number of halogens is 1. The van der Waals surface area contributed by atoms with E-state index < -0.39 is 5.97 Å². The van der Waals surface area contributed by atoms with Crippen LogP contribution in [0.25, 0.3) is 0 Å². The highest BCUT2D eigenvalue weighted by Crippen LogP contribution is 2.21. The van der Waals surface area contributed by atoms with Gasteiger partial charge in [0.2, 0.25) is 5.91 Å². The number of anilines is 1. The second-order valence-corrected chi connectivity index (χ2v) is 4.31. The minimum atomic E-state index is -0.519. The first-order valence-corrected chi connectivity index (χ1v) is 6.33. The Kier molecular flexibility index (Phi) is 7.00. The van der Waals surface area contributed by atoms with Crippen LogP contribution in [0.1, 0.15) is 10.4 Å². The van der Waals surface area contributed by atoms with E-state index in [0.29, 0.717) is 18.8 Å². The van der Waals surface area contributed by atoms with Gasteiger partial charge in [-0.25, -0.2) is 4.79 Å². The van der Waals surface area contributed by atoms with Gasteiger partial charge >= 0.3 is 5.97 Å². The number of carbonyl (C=O) groups excluding carboxylic acids is 2. The Bertz CT molecular complexity index is 479. The normalized spacial score (nSPS) is 10.2. The SMILES string of the molecule is COCCNCC(=O)Nc1ccc(C(=O)OC)c(Cl)c1. The molecule has 7 heteroatoms. The van der Waals surface area contributed by atoms with Crippen LogP contribution in [-0.2, 0) is 14.3 Å². The Hall–Kier alpha value is -1.63. The van der Waals surface area contributed by atoms with Gasteiger partial charge in [0.25, 0.3) is 0 Å². The number of rotatable bonds is 7. The van der Waals surface area contributed by atoms with E-state index in [1.807, 2.05) is 0 Å². The summed E-state index contributed by atoms with van der Waals surface area (Å²) in [4.78, 5) is 23.0. The van der Waals surface area contributed by atoms with E-state index >= 15 is 0 Å². The van der Waals surface area contributed by atoms with E-state index in [0.717, 1.165) is 0 Å². The Morgan fingerprint density at radius 3 is 2.65 bits per heavy atom. The van der Waals surface area contributed by atoms with E-state index in [-0.39, 0.29) is 23.0 Å². The van der Waals surface area contributed by atoms with Crippen molar-refractivity contribution in [2.24, 2.45) is 0 Å². The number of hydrogen-bond donors (Lipinski definition) is 2. The molecule has 0 saturated heterocycles. The lowest BCUT2D eigenvalue weighted by atomic mass is 10.2. The monoisotopic (exact) mass is 300 g/mol. The molecule has 0 atom stereocenters. The standard InChI is InChI=1S/C13H17ClN2O4/c1-19-6-5-15-8-12(17)16-9-3-4-10(11(14)7-9)13(18)20-2/h3-4,7,15H,5-6,8H2,1-2H3,(H,16,17). The van der Waals surface area contributed by atoms with E-state index in [2.05, 4.69) is 15.4 Å². The summed E-state index contributed by atoms with van der Waals surface area (Å²) < 4.78 is 9.43. The molecule has 0 spiro atoms. The maximum Gasteiger partial charge on any atom is 0.339 e. The van der Waals surface area contributed by atoms with E-state index in [1.165, 1.54) is 19.2 Å². The molecule has 0 aliphatic carbocycles. The Morgan fingerprint density at radius 1 is 1.30 bits per heavy atom. The van der Waals surface area contributed by atoms with Crippen LogP contribution < -0.4 is 10.6 Å². The molecule has 0 aromatic heterocycles. The number of benzene rings is 1. The molecule has 1 rings (SSSR count). The Labute approximate surface area is 122 Å². The lowest BCUT2D eigenvalue weighted by Crippen LogP contribution is -2.30. The molecule has 2 N–H and O–H groups in total. The number of carbonyl (C=O) groups is 2. The van der Waals surface area contributed by atoms with Gasteiger partial charge in [-0.05, 0) is 18.2 Å². The second-order valence-electron chi connectivity index (χ2n) is 3.90. The molecule has 0 saturated carbocycles. The summed E-state index contributed by atoms with van der Waals surface area (Å²) in [7, 11) is 2.87. The van der Waals surface area contributed by atoms with E-state index in [9.17, 15) is 9.59 Å². The highest BCUT2D eigenvalue weighted by atomic mass is 35.5. The van der Waals surface area contributed by atoms with Crippen molar-refractivity contribution < 1.29 is 19.1 Å². The van der Waals surface area contributed by atoms with Gasteiger partial charge in [-0.3, -0.25) is 4.79 Å². The van der Waals surface area contributed by atoms with Crippen LogP contribution >= 0.6 is 11.6 Å². The molecule has 0 aliphatic rings. The smallest absolute Gasteiger partial charge is 0.339 e. The van der Waals surface area contributed by atoms with Crippen molar-refractivity contribution in [3.63, 3.8) is 0 Å². The summed E-state index contributed by atoms with van der Waals surface area (Å²) in [5, 5.41) is 5.80. The highest BCUT2D eigenvalue weighted by molar-refractivity contribution is 6.34. The fourth-order valence-corrected chi connectivity index (χ4v) is 1.71. The molecule has 110 valence electrons. The van der Waals surface area contributed by atoms with Gasteiger partial charge in [0, 0.05) is 19.3 Å². The first-order valence-electron chi connectivity index (χ1n) is 5.96. The van der Waals surface area contributed by atoms with E-state index in [1.54, 1.807) is 13.2 Å². The van der Waals surface area contributed by atoms with Crippen molar-refractivity contribution in [2.75, 3.05) is 39.2 Å². The van der Waals surface area contributed by atoms with Crippen molar-refractivity contribution in [1.82, 2.24) is 5.32 Å². The van der Waals surface area contributed by atoms with Gasteiger partial charge < -0.3 is 20.1 Å². The van der Waals surface area contributed by atoms with Crippen molar-refractivity contribution in [1.29, 1.82) is 0 Å². The van der Waals surface area contributed by atoms with Gasteiger partial charge in [0.15, 0.2) is 0 Å². The molecule has 1 aromatic carbocycles. The molecule has 6 nitrogen and oxygen atoms in total. The third kappa shape index (κ3) is 5.16. The third-order valence-corrected chi connectivity index (χ3v) is 2.74. The predicted molar refractivity (Wildman–Crippen MR) is 76.2 cm³/mol. The van der Waals surface area contributed by atoms with Gasteiger partial charge in [-0.2, -0.15) is 0 Å². The van der Waals surface area contributed by atoms with Crippen molar-refractivity contribution in [2.45, 2.75) is 0 Å². The van der Waals surface area contributed by atoms with Gasteiger partial charge in [0.1, 0.15) is 0 Å². The van der Waals surface area contributed by atoms with Gasteiger partial charge in [-0.1, -0.05) is 11.6 Å². The molecule has 1 amide bonds. The van der Waals surface area contributed by atoms with Crippen LogP contribution in [0.2, 0.25) is 5.02 Å². The molecule has 0 fully saturated rings. The lowest BCUT2D eigenvalue weighted by molar-refractivity contribution is -0.115. The summed E-state index contributed by atoms with van der Waals surface area (Å²) >= 11 is 5.95. The van der Waals surface area contributed by atoms with Crippen molar-refractivity contribution >= 4 is 29.2 Å². The molecule has 0 radical (unpaired) electrons. The zero-order valence-electron chi connectivity index (χ0n) is 11.4. The van der Waals surface area contributed by atoms with Crippen molar-refractivity contribution in [3.05, 3.63) is 28.8 Å². The van der Waals surface area contributed by atoms with Gasteiger partial charge in [0.05, 0.1) is 30.8 Å².